The summed E-state index contributed by atoms with van der Waals surface area (Å²) in [7, 11) is 0. The van der Waals surface area contributed by atoms with Crippen molar-refractivity contribution in [2.45, 2.75) is 44.4 Å². The second-order valence-electron chi connectivity index (χ2n) is 6.48. The monoisotopic (exact) mass is 298 g/mol. The maximum atomic E-state index is 12.1. The number of urea groups is 1. The van der Waals surface area contributed by atoms with E-state index < -0.39 is 17.4 Å². The molecule has 4 atom stereocenters. The zero-order valence-electron chi connectivity index (χ0n) is 12.1. The molecule has 2 aliphatic heterocycles. The average molecular weight is 298 g/mol. The third kappa shape index (κ3) is 2.85. The highest BCUT2D eigenvalue weighted by molar-refractivity contribution is 5.79. The van der Waals surface area contributed by atoms with Crippen molar-refractivity contribution in [3.63, 3.8) is 0 Å². The maximum Gasteiger partial charge on any atom is 0.315 e. The second kappa shape index (κ2) is 5.46. The molecule has 3 fully saturated rings. The number of ether oxygens (including phenoxy) is 2. The fourth-order valence-electron chi connectivity index (χ4n) is 3.11. The van der Waals surface area contributed by atoms with Gasteiger partial charge in [-0.05, 0) is 32.1 Å². The number of rotatable bonds is 4. The van der Waals surface area contributed by atoms with Gasteiger partial charge in [-0.1, -0.05) is 0 Å². The number of hydrogen-bond donors (Lipinski definition) is 3. The van der Waals surface area contributed by atoms with Crippen molar-refractivity contribution < 1.29 is 24.2 Å². The Morgan fingerprint density at radius 3 is 2.67 bits per heavy atom. The van der Waals surface area contributed by atoms with E-state index in [2.05, 4.69) is 10.6 Å². The van der Waals surface area contributed by atoms with E-state index in [4.69, 9.17) is 9.47 Å². The molecule has 0 radical (unpaired) electrons. The summed E-state index contributed by atoms with van der Waals surface area (Å²) in [4.78, 5) is 23.5. The Morgan fingerprint density at radius 2 is 2.00 bits per heavy atom. The van der Waals surface area contributed by atoms with Gasteiger partial charge in [0.05, 0.1) is 31.4 Å². The van der Waals surface area contributed by atoms with Crippen LogP contribution in [0.1, 0.15) is 26.2 Å². The lowest BCUT2D eigenvalue weighted by Crippen LogP contribution is -2.55. The van der Waals surface area contributed by atoms with Crippen molar-refractivity contribution in [3.05, 3.63) is 0 Å². The average Bonchev–Trinajstić information content (AvgIpc) is 3.06. The van der Waals surface area contributed by atoms with Crippen LogP contribution in [0.5, 0.6) is 0 Å². The smallest absolute Gasteiger partial charge is 0.315 e. The van der Waals surface area contributed by atoms with E-state index >= 15 is 0 Å². The normalized spacial score (nSPS) is 39.2. The van der Waals surface area contributed by atoms with Crippen LogP contribution in [0.4, 0.5) is 4.79 Å². The summed E-state index contributed by atoms with van der Waals surface area (Å²) in [6.45, 7) is 2.61. The first kappa shape index (κ1) is 14.6. The lowest BCUT2D eigenvalue weighted by Gasteiger charge is -2.27. The first-order valence-corrected chi connectivity index (χ1v) is 7.50. The van der Waals surface area contributed by atoms with Crippen LogP contribution in [0, 0.1) is 11.3 Å². The first-order chi connectivity index (χ1) is 10.0. The topological polar surface area (TPSA) is 96.9 Å². The van der Waals surface area contributed by atoms with Crippen LogP contribution in [0.2, 0.25) is 0 Å². The molecule has 7 nitrogen and oxygen atoms in total. The van der Waals surface area contributed by atoms with E-state index in [0.717, 1.165) is 19.3 Å². The number of aliphatic carboxylic acids is 1. The van der Waals surface area contributed by atoms with E-state index in [9.17, 15) is 14.7 Å². The van der Waals surface area contributed by atoms with Gasteiger partial charge in [-0.15, -0.1) is 0 Å². The molecule has 1 saturated carbocycles. The molecule has 0 aromatic rings. The molecule has 0 spiro atoms. The highest BCUT2D eigenvalue weighted by Crippen LogP contribution is 2.38. The molecule has 3 rings (SSSR count). The predicted molar refractivity (Wildman–Crippen MR) is 72.9 cm³/mol. The van der Waals surface area contributed by atoms with Gasteiger partial charge in [-0.3, -0.25) is 4.79 Å². The SMILES string of the molecule is CC1(C(=O)O)COCC1NC(=O)NC1CCOC1C1CC1. The van der Waals surface area contributed by atoms with Crippen LogP contribution < -0.4 is 10.6 Å². The van der Waals surface area contributed by atoms with Crippen LogP contribution in [0.3, 0.4) is 0 Å². The van der Waals surface area contributed by atoms with Gasteiger partial charge in [-0.25, -0.2) is 4.79 Å². The summed E-state index contributed by atoms with van der Waals surface area (Å²) in [5.41, 5.74) is -1.07. The van der Waals surface area contributed by atoms with E-state index in [-0.39, 0.29) is 31.4 Å². The Hall–Kier alpha value is -1.34. The summed E-state index contributed by atoms with van der Waals surface area (Å²) in [5, 5.41) is 15.0. The quantitative estimate of drug-likeness (QED) is 0.695. The third-order valence-corrected chi connectivity index (χ3v) is 4.79. The lowest BCUT2D eigenvalue weighted by molar-refractivity contribution is -0.148. The molecular formula is C14H22N2O5. The molecule has 0 aromatic carbocycles. The van der Waals surface area contributed by atoms with E-state index in [1.165, 1.54) is 0 Å². The van der Waals surface area contributed by atoms with Crippen molar-refractivity contribution in [2.75, 3.05) is 19.8 Å². The molecule has 4 unspecified atom stereocenters. The number of carboxylic acid groups (broad SMARTS) is 1. The van der Waals surface area contributed by atoms with Crippen molar-refractivity contribution in [3.8, 4) is 0 Å². The molecule has 0 bridgehead atoms. The number of hydrogen-bond acceptors (Lipinski definition) is 4. The predicted octanol–water partition coefficient (Wildman–Crippen LogP) is 0.343. The standard InChI is InChI=1S/C14H22N2O5/c1-14(12(17)18)7-20-6-10(14)16-13(19)15-9-4-5-21-11(9)8-2-3-8/h8-11H,2-7H2,1H3,(H,17,18)(H2,15,16,19). The van der Waals surface area contributed by atoms with Gasteiger partial charge in [-0.2, -0.15) is 0 Å². The Bertz CT molecular complexity index is 439. The summed E-state index contributed by atoms with van der Waals surface area (Å²) in [6, 6.07) is -0.827. The number of nitrogens with one attached hydrogen (secondary N) is 2. The van der Waals surface area contributed by atoms with Crippen LogP contribution >= 0.6 is 0 Å². The Labute approximate surface area is 123 Å². The highest BCUT2D eigenvalue weighted by Gasteiger charge is 2.48. The van der Waals surface area contributed by atoms with Crippen LogP contribution in [-0.2, 0) is 14.3 Å². The minimum atomic E-state index is -1.07. The molecule has 21 heavy (non-hydrogen) atoms. The van der Waals surface area contributed by atoms with Crippen molar-refractivity contribution in [1.29, 1.82) is 0 Å². The second-order valence-corrected chi connectivity index (χ2v) is 6.48. The molecule has 7 heteroatoms. The van der Waals surface area contributed by atoms with E-state index in [1.807, 2.05) is 0 Å². The maximum absolute atomic E-state index is 12.1. The first-order valence-electron chi connectivity index (χ1n) is 7.50. The molecule has 118 valence electrons. The van der Waals surface area contributed by atoms with Crippen molar-refractivity contribution >= 4 is 12.0 Å². The number of carboxylic acids is 1. The summed E-state index contributed by atoms with van der Waals surface area (Å²) < 4.78 is 10.9. The Morgan fingerprint density at radius 1 is 1.24 bits per heavy atom. The summed E-state index contributed by atoms with van der Waals surface area (Å²) >= 11 is 0. The minimum Gasteiger partial charge on any atom is -0.481 e. The molecule has 0 aromatic heterocycles. The number of carbonyl (C=O) groups is 2. The minimum absolute atomic E-state index is 0.0240. The van der Waals surface area contributed by atoms with Gasteiger partial charge in [0.1, 0.15) is 5.41 Å². The summed E-state index contributed by atoms with van der Waals surface area (Å²) in [6.07, 6.45) is 3.25. The van der Waals surface area contributed by atoms with E-state index in [1.54, 1.807) is 6.92 Å². The highest BCUT2D eigenvalue weighted by atomic mass is 16.5. The van der Waals surface area contributed by atoms with Gasteiger partial charge in [0.15, 0.2) is 0 Å². The molecule has 2 amide bonds. The molecular weight excluding hydrogens is 276 g/mol. The van der Waals surface area contributed by atoms with Gasteiger partial charge in [0, 0.05) is 6.61 Å². The molecule has 2 saturated heterocycles. The fraction of sp³-hybridized carbons (Fsp3) is 0.857. The molecule has 1 aliphatic carbocycles. The molecule has 3 N–H and O–H groups in total. The van der Waals surface area contributed by atoms with E-state index in [0.29, 0.717) is 12.5 Å². The zero-order chi connectivity index (χ0) is 15.0. The van der Waals surface area contributed by atoms with Gasteiger partial charge >= 0.3 is 12.0 Å². The third-order valence-electron chi connectivity index (χ3n) is 4.79. The van der Waals surface area contributed by atoms with Gasteiger partial charge < -0.3 is 25.2 Å². The number of amides is 2. The van der Waals surface area contributed by atoms with Crippen molar-refractivity contribution in [2.24, 2.45) is 11.3 Å². The Balaban J connectivity index is 1.55. The van der Waals surface area contributed by atoms with Gasteiger partial charge in [0.2, 0.25) is 0 Å². The van der Waals surface area contributed by atoms with Gasteiger partial charge in [0.25, 0.3) is 0 Å². The van der Waals surface area contributed by atoms with Crippen LogP contribution in [-0.4, -0.2) is 55.1 Å². The fourth-order valence-corrected chi connectivity index (χ4v) is 3.11. The molecule has 2 heterocycles. The van der Waals surface area contributed by atoms with Crippen LogP contribution in [0.25, 0.3) is 0 Å². The number of carbonyl (C=O) groups excluding carboxylic acids is 1. The molecule has 3 aliphatic rings. The van der Waals surface area contributed by atoms with Crippen LogP contribution in [0.15, 0.2) is 0 Å². The lowest BCUT2D eigenvalue weighted by atomic mass is 9.85. The summed E-state index contributed by atoms with van der Waals surface area (Å²) in [5.74, 6) is -0.387. The largest absolute Gasteiger partial charge is 0.481 e. The zero-order valence-corrected chi connectivity index (χ0v) is 12.1. The van der Waals surface area contributed by atoms with Crippen molar-refractivity contribution in [1.82, 2.24) is 10.6 Å². The Kier molecular flexibility index (Phi) is 3.79.